The quantitative estimate of drug-likeness (QED) is 0.0821. The first-order valence-corrected chi connectivity index (χ1v) is 18.0. The molecule has 10 nitrogen and oxygen atoms in total. The lowest BCUT2D eigenvalue weighted by Crippen LogP contribution is -2.35. The highest BCUT2D eigenvalue weighted by molar-refractivity contribution is 5.87. The van der Waals surface area contributed by atoms with Crippen LogP contribution in [-0.2, 0) is 17.6 Å². The van der Waals surface area contributed by atoms with Crippen LogP contribution in [0.3, 0.4) is 0 Å². The van der Waals surface area contributed by atoms with Crippen LogP contribution in [0.2, 0.25) is 0 Å². The molecule has 2 aromatic rings. The molecular formula is C40H52N4O6. The number of hydrogen-bond donors (Lipinski definition) is 6. The average Bonchev–Trinajstić information content (AvgIpc) is 3.67. The Hall–Kier alpha value is -3.98. The molecule has 0 spiro atoms. The van der Waals surface area contributed by atoms with Crippen molar-refractivity contribution in [1.82, 2.24) is 4.90 Å². The number of aliphatic hydroxyl groups excluding tert-OH is 3. The zero-order valence-corrected chi connectivity index (χ0v) is 29.2. The van der Waals surface area contributed by atoms with E-state index in [-0.39, 0.29) is 36.5 Å². The number of nitrogens with zero attached hydrogens (tertiary/aromatic N) is 2. The Kier molecular flexibility index (Phi) is 12.9. The van der Waals surface area contributed by atoms with Gasteiger partial charge in [-0.3, -0.25) is 9.79 Å². The highest BCUT2D eigenvalue weighted by Gasteiger charge is 2.32. The van der Waals surface area contributed by atoms with Crippen LogP contribution in [0.15, 0.2) is 64.4 Å². The minimum atomic E-state index is -1.04. The fraction of sp³-hybridized carbons (Fsp3) is 0.500. The SMILES string of the molecule is CCCCCC(C(=O)CCc1ccc(O)c(OC2CC#CC(O)c3ccc(C(N)N)cc3CC3=C4CN2C=C4N=C3)c1)C(O)CC(O)CCC. The molecule has 2 bridgehead atoms. The van der Waals surface area contributed by atoms with E-state index in [1.807, 2.05) is 42.4 Å². The van der Waals surface area contributed by atoms with Crippen LogP contribution < -0.4 is 16.2 Å². The monoisotopic (exact) mass is 684 g/mol. The van der Waals surface area contributed by atoms with Gasteiger partial charge >= 0.3 is 0 Å². The summed E-state index contributed by atoms with van der Waals surface area (Å²) in [5.41, 5.74) is 18.0. The Morgan fingerprint density at radius 2 is 1.92 bits per heavy atom. The van der Waals surface area contributed by atoms with Gasteiger partial charge in [0.15, 0.2) is 17.7 Å². The minimum absolute atomic E-state index is 0.0236. The number of aromatic hydroxyl groups is 1. The first-order chi connectivity index (χ1) is 24.1. The average molecular weight is 685 g/mol. The number of aliphatic imine (C=N–C) groups is 1. The van der Waals surface area contributed by atoms with Crippen molar-refractivity contribution in [2.24, 2.45) is 22.4 Å². The molecule has 0 amide bonds. The van der Waals surface area contributed by atoms with Crippen molar-refractivity contribution < 1.29 is 30.0 Å². The van der Waals surface area contributed by atoms with Crippen molar-refractivity contribution in [3.05, 3.63) is 81.7 Å². The van der Waals surface area contributed by atoms with Crippen LogP contribution in [0.25, 0.3) is 0 Å². The number of phenolic OH excluding ortho intramolecular Hbond substituents is 1. The maximum Gasteiger partial charge on any atom is 0.183 e. The molecule has 0 saturated carbocycles. The van der Waals surface area contributed by atoms with E-state index in [0.29, 0.717) is 37.8 Å². The predicted octanol–water partition coefficient (Wildman–Crippen LogP) is 4.84. The molecule has 0 aromatic heterocycles. The number of aryl methyl sites for hydroxylation is 1. The molecule has 5 rings (SSSR count). The Labute approximate surface area is 295 Å². The Bertz CT molecular complexity index is 1670. The number of phenols is 1. The zero-order valence-electron chi connectivity index (χ0n) is 29.2. The van der Waals surface area contributed by atoms with E-state index in [2.05, 4.69) is 23.8 Å². The van der Waals surface area contributed by atoms with Crippen LogP contribution in [0.5, 0.6) is 11.5 Å². The third kappa shape index (κ3) is 9.22. The van der Waals surface area contributed by atoms with Gasteiger partial charge in [-0.1, -0.05) is 75.6 Å². The Morgan fingerprint density at radius 1 is 1.10 bits per heavy atom. The number of ketones is 1. The van der Waals surface area contributed by atoms with E-state index in [1.54, 1.807) is 18.2 Å². The number of benzene rings is 2. The van der Waals surface area contributed by atoms with E-state index in [0.717, 1.165) is 59.2 Å². The second-order valence-electron chi connectivity index (χ2n) is 13.7. The highest BCUT2D eigenvalue weighted by atomic mass is 16.5. The molecule has 10 heteroatoms. The summed E-state index contributed by atoms with van der Waals surface area (Å²) in [6.45, 7) is 4.62. The molecule has 5 atom stereocenters. The van der Waals surface area contributed by atoms with Gasteiger partial charge in [-0.05, 0) is 72.1 Å². The summed E-state index contributed by atoms with van der Waals surface area (Å²) >= 11 is 0. The first-order valence-electron chi connectivity index (χ1n) is 18.0. The molecule has 8 N–H and O–H groups in total. The van der Waals surface area contributed by atoms with E-state index >= 15 is 0 Å². The van der Waals surface area contributed by atoms with Crippen LogP contribution in [0, 0.1) is 17.8 Å². The van der Waals surface area contributed by atoms with Gasteiger partial charge in [0.2, 0.25) is 0 Å². The minimum Gasteiger partial charge on any atom is -0.504 e. The van der Waals surface area contributed by atoms with Crippen molar-refractivity contribution in [1.29, 1.82) is 0 Å². The van der Waals surface area contributed by atoms with Crippen molar-refractivity contribution >= 4 is 12.0 Å². The number of allylic oxidation sites excluding steroid dienone is 1. The number of carbonyl (C=O) groups is 1. The van der Waals surface area contributed by atoms with Crippen LogP contribution in [0.4, 0.5) is 0 Å². The smallest absolute Gasteiger partial charge is 0.183 e. The van der Waals surface area contributed by atoms with E-state index in [9.17, 15) is 25.2 Å². The van der Waals surface area contributed by atoms with Gasteiger partial charge in [-0.15, -0.1) is 0 Å². The van der Waals surface area contributed by atoms with Crippen molar-refractivity contribution in [2.45, 2.75) is 115 Å². The number of ether oxygens (including phenoxy) is 1. The van der Waals surface area contributed by atoms with Crippen LogP contribution in [0.1, 0.15) is 106 Å². The predicted molar refractivity (Wildman–Crippen MR) is 194 cm³/mol. The number of nitrogens with two attached hydrogens (primary N) is 2. The zero-order chi connectivity index (χ0) is 35.8. The summed E-state index contributed by atoms with van der Waals surface area (Å²) < 4.78 is 6.43. The standard InChI is InChI=1S/C40H52N4O6/c1-3-5-6-9-31(37(49)21-29(45)8-4-2)35(47)16-12-25-13-17-36(48)38(18-25)50-39-11-7-10-34(46)30-15-14-26(40(41)42)19-27(30)20-28-22-43-33-24-44(39)23-32(28)33/h13-15,17-19,22,24,29,31,34,37,39-40,45-46,48-49H,3-6,8-9,11-12,16,20-21,23,41-42H2,1-2H3. The summed E-state index contributed by atoms with van der Waals surface area (Å²) in [7, 11) is 0. The number of Topliss-reactive ketones (excluding diaryl/α,β-unsaturated/α-hetero) is 1. The lowest BCUT2D eigenvalue weighted by molar-refractivity contribution is -0.127. The molecule has 0 radical (unpaired) electrons. The van der Waals surface area contributed by atoms with Gasteiger partial charge in [-0.2, -0.15) is 0 Å². The highest BCUT2D eigenvalue weighted by Crippen LogP contribution is 2.36. The molecule has 5 unspecified atom stereocenters. The molecule has 3 aliphatic rings. The van der Waals surface area contributed by atoms with E-state index in [4.69, 9.17) is 16.2 Å². The van der Waals surface area contributed by atoms with Gasteiger partial charge in [0.1, 0.15) is 11.9 Å². The molecular weight excluding hydrogens is 632 g/mol. The number of carbonyl (C=O) groups excluding carboxylic acids is 1. The lowest BCUT2D eigenvalue weighted by atomic mass is 9.85. The fourth-order valence-electron chi connectivity index (χ4n) is 6.97. The maximum atomic E-state index is 13.4. The van der Waals surface area contributed by atoms with Gasteiger partial charge in [0, 0.05) is 36.9 Å². The van der Waals surface area contributed by atoms with Gasteiger partial charge in [0.05, 0.1) is 30.5 Å². The molecule has 3 aliphatic heterocycles. The number of aliphatic hydroxyl groups is 3. The van der Waals surface area contributed by atoms with Crippen molar-refractivity contribution in [2.75, 3.05) is 6.54 Å². The van der Waals surface area contributed by atoms with Crippen molar-refractivity contribution in [3.63, 3.8) is 0 Å². The largest absolute Gasteiger partial charge is 0.504 e. The third-order valence-corrected chi connectivity index (χ3v) is 9.88. The van der Waals surface area contributed by atoms with Gasteiger partial charge < -0.3 is 41.5 Å². The van der Waals surface area contributed by atoms with Gasteiger partial charge in [-0.25, -0.2) is 0 Å². The summed E-state index contributed by atoms with van der Waals surface area (Å²) in [6.07, 6.45) is 6.45. The third-order valence-electron chi connectivity index (χ3n) is 9.88. The molecule has 0 aliphatic carbocycles. The molecule has 0 saturated heterocycles. The molecule has 268 valence electrons. The number of rotatable bonds is 16. The number of unbranched alkanes of at least 4 members (excludes halogenated alkanes) is 2. The number of hydrogen-bond acceptors (Lipinski definition) is 10. The van der Waals surface area contributed by atoms with E-state index < -0.39 is 36.6 Å². The van der Waals surface area contributed by atoms with E-state index in [1.165, 1.54) is 0 Å². The summed E-state index contributed by atoms with van der Waals surface area (Å²) in [4.78, 5) is 20.1. The molecule has 3 heterocycles. The summed E-state index contributed by atoms with van der Waals surface area (Å²) in [5.74, 6) is 5.75. The fourth-order valence-corrected chi connectivity index (χ4v) is 6.97. The normalized spacial score (nSPS) is 20.0. The summed E-state index contributed by atoms with van der Waals surface area (Å²) in [5, 5.41) is 43.2. The van der Waals surface area contributed by atoms with Crippen LogP contribution >= 0.6 is 0 Å². The molecule has 2 aromatic carbocycles. The molecule has 0 fully saturated rings. The lowest BCUT2D eigenvalue weighted by Gasteiger charge is -2.28. The van der Waals surface area contributed by atoms with Crippen molar-refractivity contribution in [3.8, 4) is 23.3 Å². The Morgan fingerprint density at radius 3 is 2.68 bits per heavy atom. The summed E-state index contributed by atoms with van der Waals surface area (Å²) in [6, 6.07) is 10.6. The van der Waals surface area contributed by atoms with Crippen LogP contribution in [-0.4, -0.2) is 62.3 Å². The van der Waals surface area contributed by atoms with Gasteiger partial charge in [0.25, 0.3) is 0 Å². The Balaban J connectivity index is 1.33. The number of fused-ring (bicyclic) bond motifs is 2. The second-order valence-corrected chi connectivity index (χ2v) is 13.7. The topological polar surface area (TPSA) is 175 Å². The molecule has 50 heavy (non-hydrogen) atoms. The maximum absolute atomic E-state index is 13.4. The first kappa shape index (κ1) is 37.3. The second kappa shape index (κ2) is 17.3.